The summed E-state index contributed by atoms with van der Waals surface area (Å²) in [5, 5.41) is 14.5. The van der Waals surface area contributed by atoms with E-state index in [4.69, 9.17) is 9.47 Å². The Balaban J connectivity index is 1.06. The Kier molecular flexibility index (Phi) is 28.4. The fourth-order valence-corrected chi connectivity index (χ4v) is 13.5. The van der Waals surface area contributed by atoms with Gasteiger partial charge in [-0.2, -0.15) is 0 Å². The number of rotatable bonds is 10. The molecule has 20 bridgehead atoms. The molecule has 0 saturated heterocycles. The lowest BCUT2D eigenvalue weighted by Gasteiger charge is -2.20. The molecule has 0 fully saturated rings. The molecule has 0 saturated carbocycles. The molecule has 17 aromatic carbocycles. The first-order chi connectivity index (χ1) is 58.3. The van der Waals surface area contributed by atoms with Gasteiger partial charge in [0.15, 0.2) is 11.5 Å². The Hall–Kier alpha value is -13.7. The van der Waals surface area contributed by atoms with Crippen molar-refractivity contribution in [3.05, 3.63) is 373 Å². The van der Waals surface area contributed by atoms with Gasteiger partial charge in [0.25, 0.3) is 0 Å². The molecule has 0 aliphatic carbocycles. The summed E-state index contributed by atoms with van der Waals surface area (Å²) in [4.78, 5) is 0. The van der Waals surface area contributed by atoms with Crippen LogP contribution in [0.15, 0.2) is 194 Å². The minimum atomic E-state index is -4.49. The van der Waals surface area contributed by atoms with Gasteiger partial charge in [0.05, 0.1) is 55.0 Å². The van der Waals surface area contributed by atoms with E-state index >= 15 is 0 Å². The van der Waals surface area contributed by atoms with Crippen LogP contribution in [0.4, 0.5) is 0 Å². The number of hydrogen-bond acceptors (Lipinski definition) is 8. The Morgan fingerprint density at radius 3 is 0.540 bits per heavy atom. The van der Waals surface area contributed by atoms with Gasteiger partial charge in [-0.15, -0.1) is 0 Å². The molecule has 17 rings (SSSR count). The van der Waals surface area contributed by atoms with E-state index < -0.39 is 31.7 Å². The molecule has 17 aromatic rings. The van der Waals surface area contributed by atoms with Crippen LogP contribution in [0, 0.1) is 146 Å². The van der Waals surface area contributed by atoms with Crippen LogP contribution in [-0.2, 0) is 52.7 Å². The molecule has 0 aliphatic rings. The Bertz CT molecular complexity index is 5970. The Morgan fingerprint density at radius 1 is 0.218 bits per heavy atom. The fourth-order valence-electron chi connectivity index (χ4n) is 12.5. The van der Waals surface area contributed by atoms with Gasteiger partial charge in [-0.1, -0.05) is 246 Å². The van der Waals surface area contributed by atoms with Gasteiger partial charge in [0.1, 0.15) is 0 Å². The van der Waals surface area contributed by atoms with Crippen molar-refractivity contribution in [2.75, 3.05) is 24.7 Å². The average Bonchev–Trinajstić information content (AvgIpc) is 0.794. The summed E-state index contributed by atoms with van der Waals surface area (Å²) in [5.74, 6) is -0.410. The second kappa shape index (κ2) is 38.6. The van der Waals surface area contributed by atoms with Crippen molar-refractivity contribution in [1.29, 1.82) is 0 Å². The Morgan fingerprint density at radius 2 is 0.371 bits per heavy atom. The van der Waals surface area contributed by atoms with Crippen LogP contribution >= 0.6 is 0 Å². The summed E-state index contributed by atoms with van der Waals surface area (Å²) < 4.78 is 83.2. The van der Waals surface area contributed by atoms with Crippen LogP contribution in [0.1, 0.15) is 171 Å². The van der Waals surface area contributed by atoms with Crippen molar-refractivity contribution in [2.45, 2.75) is 170 Å². The summed E-state index contributed by atoms with van der Waals surface area (Å²) in [6.45, 7) is 38.4. The summed E-state index contributed by atoms with van der Waals surface area (Å²) in [6, 6.07) is 143. The van der Waals surface area contributed by atoms with Crippen molar-refractivity contribution in [3.8, 4) is 11.5 Å². The van der Waals surface area contributed by atoms with E-state index in [2.05, 4.69) is 319 Å². The van der Waals surface area contributed by atoms with Gasteiger partial charge in [0, 0.05) is 97.7 Å². The van der Waals surface area contributed by atoms with Crippen molar-refractivity contribution in [3.63, 3.8) is 0 Å². The zero-order valence-electron chi connectivity index (χ0n) is 73.8. The topological polar surface area (TPSA) is 133 Å². The fraction of sp³-hybridized carbons (Fsp3) is 0.263. The van der Waals surface area contributed by atoms with Crippen LogP contribution in [0.2, 0.25) is 0 Å². The van der Waals surface area contributed by atoms with Crippen molar-refractivity contribution < 1.29 is 35.4 Å². The highest BCUT2D eigenvalue weighted by Crippen LogP contribution is 2.35. The maximum Gasteiger partial charge on any atom is 0.150 e. The van der Waals surface area contributed by atoms with Crippen molar-refractivity contribution in [2.24, 2.45) is 0 Å². The molecule has 616 valence electrons. The van der Waals surface area contributed by atoms with Gasteiger partial charge in [-0.25, -0.2) is 16.8 Å². The SMILES string of the molecule is CC(C)(C)c1cc2c#cc#cc3cc(C(C)(C)C)cc(c#cc4ccc(c#cc5cc(C(C)(C)C)cc(c#cc6ccc(c#cc7cc(C(C)(C)C)cc(c#cc#cc8cc(C(C)(C)C)cc(c#cc9ccc(c#cc%10cc(C(C)(C)C)cc(c#cc%11ccc(c#cc(c1)c2)cc%11)c%10OCCCS(=O)(=O)[O-])cc9)c8)c7)cc6)c5OCCCS(=O)(=O)[O-])cc4)c3. The molecule has 0 spiro atoms. The van der Waals surface area contributed by atoms with Gasteiger partial charge < -0.3 is 18.6 Å². The third kappa shape index (κ3) is 27.7. The highest BCUT2D eigenvalue weighted by molar-refractivity contribution is 7.85. The molecule has 0 radical (unpaired) electrons. The third-order valence-corrected chi connectivity index (χ3v) is 21.5. The molecule has 8 nitrogen and oxygen atoms in total. The molecule has 0 atom stereocenters. The molecule has 10 heteroatoms. The number of hydrogen-bond donors (Lipinski definition) is 0. The molecule has 0 aromatic heterocycles. The molecule has 124 heavy (non-hydrogen) atoms. The second-order valence-electron chi connectivity index (χ2n) is 36.7. The van der Waals surface area contributed by atoms with E-state index in [-0.39, 0.29) is 58.5 Å². The number of benzene rings is 10. The van der Waals surface area contributed by atoms with E-state index in [1.807, 2.05) is 146 Å². The predicted octanol–water partition coefficient (Wildman–Crippen LogP) is 25.5. The van der Waals surface area contributed by atoms with Gasteiger partial charge in [-0.3, -0.25) is 0 Å². The molecule has 0 aliphatic heterocycles. The van der Waals surface area contributed by atoms with Crippen LogP contribution in [0.3, 0.4) is 0 Å². The van der Waals surface area contributed by atoms with Gasteiger partial charge >= 0.3 is 0 Å². The minimum Gasteiger partial charge on any atom is -0.748 e. The first-order valence-electron chi connectivity index (χ1n) is 41.1. The monoisotopic (exact) mass is 1660 g/mol. The van der Waals surface area contributed by atoms with E-state index in [0.717, 1.165) is 120 Å². The van der Waals surface area contributed by atoms with E-state index in [0.29, 0.717) is 33.0 Å². The molecular weight excluding hydrogens is 1560 g/mol. The average molecular weight is 1660 g/mol. The van der Waals surface area contributed by atoms with Crippen LogP contribution in [-0.4, -0.2) is 50.7 Å². The molecule has 0 amide bonds. The summed E-state index contributed by atoms with van der Waals surface area (Å²) in [5.41, 5.74) is 4.67. The number of ether oxygens (including phenoxy) is 2. The first-order valence-corrected chi connectivity index (χ1v) is 44.2. The lowest BCUT2D eigenvalue weighted by atomic mass is 9.86. The first kappa shape index (κ1) is 91.1. The smallest absolute Gasteiger partial charge is 0.150 e. The highest BCUT2D eigenvalue weighted by atomic mass is 32.2. The minimum absolute atomic E-state index is 0.0244. The van der Waals surface area contributed by atoms with Crippen LogP contribution in [0.5, 0.6) is 11.5 Å². The van der Waals surface area contributed by atoms with Crippen molar-refractivity contribution in [1.82, 2.24) is 0 Å². The normalized spacial score (nSPS) is 11.3. The zero-order valence-corrected chi connectivity index (χ0v) is 75.4. The quantitative estimate of drug-likeness (QED) is 0.0976. The molecular formula is C114H98O8S2-2. The largest absolute Gasteiger partial charge is 0.748 e. The van der Waals surface area contributed by atoms with E-state index in [1.165, 1.54) is 0 Å². The lowest BCUT2D eigenvalue weighted by molar-refractivity contribution is 0.322. The zero-order chi connectivity index (χ0) is 89.4. The predicted molar refractivity (Wildman–Crippen MR) is 503 cm³/mol. The maximum atomic E-state index is 11.7. The summed E-state index contributed by atoms with van der Waals surface area (Å²) >= 11 is 0. The molecule has 0 heterocycles. The van der Waals surface area contributed by atoms with E-state index in [1.54, 1.807) is 0 Å². The van der Waals surface area contributed by atoms with Gasteiger partial charge in [-0.05, 0) is 297 Å². The molecule has 0 unspecified atom stereocenters. The Labute approximate surface area is 737 Å². The summed E-state index contributed by atoms with van der Waals surface area (Å²) in [6.07, 6.45) is -0.0488. The van der Waals surface area contributed by atoms with E-state index in [9.17, 15) is 25.9 Å². The lowest BCUT2D eigenvalue weighted by Crippen LogP contribution is -2.12. The highest BCUT2D eigenvalue weighted by Gasteiger charge is 2.21. The summed E-state index contributed by atoms with van der Waals surface area (Å²) in [7, 11) is -8.98. The van der Waals surface area contributed by atoms with Crippen LogP contribution < -0.4 is 9.47 Å². The standard InChI is InChI=1S/C114H100O8S2/c1-109(2,3)101-69-89-25-19-20-26-90-66-94(74-102(70-90)110(4,5)6)50-46-82-31-39-86(40-32-82)55-59-99-79-106(114(16,17)18)80-100(108(99)122-62-24-64-124(118,119)120)60-56-88-43-35-84(36-44-88)48-52-96-68-92(72-104(76-96)112(10,11)12)28-22-21-27-91-67-95(75-103(71-91)111(7,8)9)51-47-83-33-41-87(42-34-83)54-58-98-78-105(113(13,14)15)77-97(107(98)121-61-23-63-123(115,116)117)57-53-85-37-29-81(30-38-85)45-49-93(65-89)73-101/h29-44,65-80H,23-24,61-64H2,1-18H3,(H,115,116,117)(H,118,119,120)/p-2. The molecule has 0 N–H and O–H groups in total. The second-order valence-corrected chi connectivity index (χ2v) is 39.8. The van der Waals surface area contributed by atoms with Gasteiger partial charge in [0.2, 0.25) is 0 Å². The maximum absolute atomic E-state index is 11.7. The van der Waals surface area contributed by atoms with Crippen LogP contribution in [0.25, 0.3) is 108 Å². The van der Waals surface area contributed by atoms with Crippen molar-refractivity contribution >= 4 is 128 Å². The third-order valence-electron chi connectivity index (χ3n) is 19.9.